The van der Waals surface area contributed by atoms with Crippen LogP contribution in [0.1, 0.15) is 84.0 Å². The normalized spacial score (nSPS) is 23.7. The molecule has 0 heterocycles. The molecule has 8 heteroatoms. The van der Waals surface area contributed by atoms with Gasteiger partial charge < -0.3 is 9.47 Å². The largest absolute Gasteiger partial charge is 0.431 e. The van der Waals surface area contributed by atoms with Crippen LogP contribution in [0, 0.1) is 41.0 Å². The van der Waals surface area contributed by atoms with Crippen molar-refractivity contribution in [3.8, 4) is 16.9 Å². The second kappa shape index (κ2) is 14.6. The molecule has 2 saturated carbocycles. The van der Waals surface area contributed by atoms with Crippen LogP contribution in [0.15, 0.2) is 42.5 Å². The first-order valence-corrected chi connectivity index (χ1v) is 14.9. The Morgan fingerprint density at radius 3 is 1.98 bits per heavy atom. The van der Waals surface area contributed by atoms with Crippen molar-refractivity contribution in [3.05, 3.63) is 65.8 Å². The fraction of sp³-hybridized carbons (Fsp3) is 0.576. The number of ether oxygens (including phenoxy) is 2. The summed E-state index contributed by atoms with van der Waals surface area (Å²) in [4.78, 5) is 0. The predicted molar refractivity (Wildman–Crippen MR) is 148 cm³/mol. The standard InChI is InChI=1S/C33H40F6O2/c1-2-3-4-5-22-6-8-23(9-7-22)10-11-24-12-14-26(15-13-24)40-21-33(38,39)41-27-16-17-28(29(34)20-27)25-18-30(35)32(37)31(36)19-25/h10-11,16-20,22-24,26H,2-9,12-15,21H2,1H3/b11-10+. The van der Waals surface area contributed by atoms with Gasteiger partial charge in [0, 0.05) is 11.6 Å². The second-order valence-electron chi connectivity index (χ2n) is 11.6. The lowest BCUT2D eigenvalue weighted by Gasteiger charge is -2.29. The van der Waals surface area contributed by atoms with Gasteiger partial charge in [-0.3, -0.25) is 0 Å². The molecule has 0 amide bonds. The molecule has 226 valence electrons. The lowest BCUT2D eigenvalue weighted by atomic mass is 9.78. The first-order valence-electron chi connectivity index (χ1n) is 14.9. The fourth-order valence-corrected chi connectivity index (χ4v) is 6.04. The summed E-state index contributed by atoms with van der Waals surface area (Å²) in [5, 5.41) is 0. The van der Waals surface area contributed by atoms with E-state index in [-0.39, 0.29) is 17.2 Å². The maximum atomic E-state index is 14.5. The summed E-state index contributed by atoms with van der Waals surface area (Å²) in [6.45, 7) is 1.27. The average Bonchev–Trinajstić information content (AvgIpc) is 2.95. The Hall–Kier alpha value is -2.48. The lowest BCUT2D eigenvalue weighted by Crippen LogP contribution is -2.34. The minimum absolute atomic E-state index is 0.267. The van der Waals surface area contributed by atoms with Crippen molar-refractivity contribution >= 4 is 0 Å². The molecule has 0 saturated heterocycles. The molecule has 0 aliphatic heterocycles. The van der Waals surface area contributed by atoms with E-state index in [1.54, 1.807) is 0 Å². The van der Waals surface area contributed by atoms with E-state index in [4.69, 9.17) is 4.74 Å². The molecule has 0 N–H and O–H groups in total. The average molecular weight is 583 g/mol. The zero-order valence-corrected chi connectivity index (χ0v) is 23.6. The highest BCUT2D eigenvalue weighted by molar-refractivity contribution is 5.65. The summed E-state index contributed by atoms with van der Waals surface area (Å²) in [5.41, 5.74) is -0.549. The molecule has 0 atom stereocenters. The molecule has 0 spiro atoms. The third kappa shape index (κ3) is 9.25. The third-order valence-electron chi connectivity index (χ3n) is 8.47. The van der Waals surface area contributed by atoms with Gasteiger partial charge in [-0.05, 0) is 98.9 Å². The summed E-state index contributed by atoms with van der Waals surface area (Å²) in [6.07, 6.45) is 14.3. The van der Waals surface area contributed by atoms with Crippen LogP contribution in [0.25, 0.3) is 11.1 Å². The van der Waals surface area contributed by atoms with Crippen LogP contribution in [0.5, 0.6) is 5.75 Å². The molecule has 2 aliphatic carbocycles. The minimum atomic E-state index is -3.70. The van der Waals surface area contributed by atoms with Gasteiger partial charge in [0.05, 0.1) is 6.10 Å². The number of allylic oxidation sites excluding steroid dienone is 2. The van der Waals surface area contributed by atoms with Crippen molar-refractivity contribution in [1.82, 2.24) is 0 Å². The number of rotatable bonds is 12. The summed E-state index contributed by atoms with van der Waals surface area (Å²) in [5.74, 6) is -4.17. The molecule has 41 heavy (non-hydrogen) atoms. The Bertz CT molecular complexity index is 1130. The Morgan fingerprint density at radius 1 is 0.780 bits per heavy atom. The molecule has 4 rings (SSSR count). The summed E-state index contributed by atoms with van der Waals surface area (Å²) in [7, 11) is 0. The summed E-state index contributed by atoms with van der Waals surface area (Å²) in [6, 6.07) is 4.05. The lowest BCUT2D eigenvalue weighted by molar-refractivity contribution is -0.222. The van der Waals surface area contributed by atoms with Gasteiger partial charge in [0.15, 0.2) is 24.1 Å². The Morgan fingerprint density at radius 2 is 1.39 bits per heavy atom. The molecule has 0 radical (unpaired) electrons. The number of halogens is 6. The van der Waals surface area contributed by atoms with Gasteiger partial charge in [0.25, 0.3) is 0 Å². The van der Waals surface area contributed by atoms with Gasteiger partial charge in [-0.25, -0.2) is 17.6 Å². The number of unbranched alkanes of at least 4 members (excludes halogenated alkanes) is 2. The van der Waals surface area contributed by atoms with Gasteiger partial charge in [-0.2, -0.15) is 8.78 Å². The van der Waals surface area contributed by atoms with Crippen LogP contribution in [0.3, 0.4) is 0 Å². The van der Waals surface area contributed by atoms with Crippen molar-refractivity contribution < 1.29 is 35.8 Å². The van der Waals surface area contributed by atoms with Crippen LogP contribution in [0.4, 0.5) is 26.3 Å². The maximum Gasteiger partial charge on any atom is 0.421 e. The van der Waals surface area contributed by atoms with Crippen LogP contribution >= 0.6 is 0 Å². The van der Waals surface area contributed by atoms with Gasteiger partial charge >= 0.3 is 6.11 Å². The third-order valence-corrected chi connectivity index (χ3v) is 8.47. The SMILES string of the molecule is CCCCCC1CCC(/C=C/C2CCC(OCC(F)(F)Oc3ccc(-c4cc(F)c(F)c(F)c4)c(F)c3)CC2)CC1. The molecule has 2 aromatic rings. The molecule has 2 nitrogen and oxygen atoms in total. The van der Waals surface area contributed by atoms with Crippen molar-refractivity contribution in [2.24, 2.45) is 17.8 Å². The van der Waals surface area contributed by atoms with E-state index in [2.05, 4.69) is 23.8 Å². The molecule has 0 unspecified atom stereocenters. The predicted octanol–water partition coefficient (Wildman–Crippen LogP) is 10.4. The quantitative estimate of drug-likeness (QED) is 0.107. The molecular formula is C33H40F6O2. The first kappa shape index (κ1) is 31.5. The van der Waals surface area contributed by atoms with Crippen molar-refractivity contribution in [1.29, 1.82) is 0 Å². The Balaban J connectivity index is 1.19. The van der Waals surface area contributed by atoms with E-state index in [0.29, 0.717) is 42.9 Å². The highest BCUT2D eigenvalue weighted by Gasteiger charge is 2.34. The Kier molecular flexibility index (Phi) is 11.2. The second-order valence-corrected chi connectivity index (χ2v) is 11.6. The minimum Gasteiger partial charge on any atom is -0.431 e. The van der Waals surface area contributed by atoms with E-state index in [9.17, 15) is 26.3 Å². The zero-order chi connectivity index (χ0) is 29.4. The van der Waals surface area contributed by atoms with Crippen LogP contribution in [0.2, 0.25) is 0 Å². The van der Waals surface area contributed by atoms with E-state index in [0.717, 1.165) is 30.9 Å². The maximum absolute atomic E-state index is 14.5. The molecule has 0 bridgehead atoms. The molecule has 2 aliphatic rings. The number of hydrogen-bond acceptors (Lipinski definition) is 2. The molecule has 0 aromatic heterocycles. The van der Waals surface area contributed by atoms with E-state index >= 15 is 0 Å². The highest BCUT2D eigenvalue weighted by Crippen LogP contribution is 2.35. The molecular weight excluding hydrogens is 542 g/mol. The molecule has 2 aromatic carbocycles. The van der Waals surface area contributed by atoms with Gasteiger partial charge in [0.1, 0.15) is 11.6 Å². The van der Waals surface area contributed by atoms with Gasteiger partial charge in [-0.15, -0.1) is 0 Å². The fourth-order valence-electron chi connectivity index (χ4n) is 6.04. The summed E-state index contributed by atoms with van der Waals surface area (Å²) >= 11 is 0. The van der Waals surface area contributed by atoms with Gasteiger partial charge in [-0.1, -0.05) is 44.8 Å². The number of benzene rings is 2. The van der Waals surface area contributed by atoms with E-state index in [1.807, 2.05) is 0 Å². The zero-order valence-electron chi connectivity index (χ0n) is 23.6. The van der Waals surface area contributed by atoms with E-state index < -0.39 is 41.7 Å². The number of alkyl halides is 2. The number of hydrogen-bond donors (Lipinski definition) is 0. The topological polar surface area (TPSA) is 18.5 Å². The van der Waals surface area contributed by atoms with Crippen LogP contribution < -0.4 is 4.74 Å². The van der Waals surface area contributed by atoms with Crippen molar-refractivity contribution in [3.63, 3.8) is 0 Å². The van der Waals surface area contributed by atoms with Crippen LogP contribution in [-0.2, 0) is 4.74 Å². The van der Waals surface area contributed by atoms with Crippen LogP contribution in [-0.4, -0.2) is 18.8 Å². The molecule has 2 fully saturated rings. The van der Waals surface area contributed by atoms with E-state index in [1.165, 1.54) is 51.4 Å². The van der Waals surface area contributed by atoms with Gasteiger partial charge in [0.2, 0.25) is 0 Å². The van der Waals surface area contributed by atoms with Crippen molar-refractivity contribution in [2.45, 2.75) is 96.2 Å². The smallest absolute Gasteiger partial charge is 0.421 e. The Labute approximate surface area is 239 Å². The monoisotopic (exact) mass is 582 g/mol. The first-order chi connectivity index (χ1) is 19.6. The highest BCUT2D eigenvalue weighted by atomic mass is 19.3. The van der Waals surface area contributed by atoms with Crippen molar-refractivity contribution in [2.75, 3.05) is 6.61 Å². The summed E-state index contributed by atoms with van der Waals surface area (Å²) < 4.78 is 93.8.